The number of aliphatic hydroxyl groups is 4. The van der Waals surface area contributed by atoms with Crippen molar-refractivity contribution in [2.45, 2.75) is 250 Å². The van der Waals surface area contributed by atoms with Crippen LogP contribution in [0.4, 0.5) is 0 Å². The first-order valence-electron chi connectivity index (χ1n) is 23.3. The van der Waals surface area contributed by atoms with Crippen molar-refractivity contribution in [2.24, 2.45) is 0 Å². The molecule has 0 radical (unpaired) electrons. The highest BCUT2D eigenvalue weighted by molar-refractivity contribution is 5.69. The molecule has 1 aliphatic rings. The molecule has 0 aromatic carbocycles. The van der Waals surface area contributed by atoms with Crippen molar-refractivity contribution in [2.75, 3.05) is 26.4 Å². The van der Waals surface area contributed by atoms with Crippen LogP contribution in [0.2, 0.25) is 0 Å². The number of unbranched alkanes of at least 4 members (excludes halogenated alkanes) is 27. The van der Waals surface area contributed by atoms with Crippen LogP contribution >= 0.6 is 0 Å². The fourth-order valence-corrected chi connectivity index (χ4v) is 7.25. The fourth-order valence-electron chi connectivity index (χ4n) is 7.25. The van der Waals surface area contributed by atoms with E-state index in [0.717, 1.165) is 32.1 Å². The normalized spacial score (nSPS) is 20.7. The molecule has 0 bridgehead atoms. The molecule has 1 heterocycles. The average Bonchev–Trinajstić information content (AvgIpc) is 3.18. The number of ether oxygens (including phenoxy) is 4. The van der Waals surface area contributed by atoms with E-state index in [9.17, 15) is 25.2 Å². The van der Waals surface area contributed by atoms with Crippen molar-refractivity contribution in [3.63, 3.8) is 0 Å². The Morgan fingerprint density at radius 1 is 0.564 bits per heavy atom. The Kier molecular flexibility index (Phi) is 36.3. The summed E-state index contributed by atoms with van der Waals surface area (Å²) >= 11 is 0. The number of rotatable bonds is 40. The summed E-state index contributed by atoms with van der Waals surface area (Å²) in [5.41, 5.74) is 0. The van der Waals surface area contributed by atoms with Crippen LogP contribution in [-0.4, -0.2) is 89.6 Å². The van der Waals surface area contributed by atoms with E-state index in [1.807, 2.05) is 0 Å². The number of hydrogen-bond donors (Lipinski definition) is 4. The largest absolute Gasteiger partial charge is 0.457 e. The first-order chi connectivity index (χ1) is 26.9. The summed E-state index contributed by atoms with van der Waals surface area (Å²) in [5, 5.41) is 40.1. The van der Waals surface area contributed by atoms with E-state index in [4.69, 9.17) is 18.9 Å². The van der Waals surface area contributed by atoms with Gasteiger partial charge in [-0.1, -0.05) is 180 Å². The molecule has 0 aliphatic carbocycles. The molecule has 0 spiro atoms. The van der Waals surface area contributed by atoms with Crippen LogP contribution in [-0.2, 0) is 23.7 Å². The Morgan fingerprint density at radius 3 is 1.47 bits per heavy atom. The summed E-state index contributed by atoms with van der Waals surface area (Å²) in [6.45, 7) is 4.57. The van der Waals surface area contributed by atoms with Crippen LogP contribution in [0, 0.1) is 0 Å². The van der Waals surface area contributed by atoms with Crippen LogP contribution in [0.1, 0.15) is 213 Å². The molecule has 9 heteroatoms. The second-order valence-electron chi connectivity index (χ2n) is 16.2. The zero-order valence-electron chi connectivity index (χ0n) is 35.7. The second-order valence-corrected chi connectivity index (χ2v) is 16.2. The smallest absolute Gasteiger partial charge is 0.306 e. The SMILES string of the molecule is CCCCCCCCCC/C=C\CCCCCCCCCCCCOCC(COC1OC(CO)C(O)C(O)C1O)OC(=O)CCCCCCCCCCCC. The molecular weight excluding hydrogens is 696 g/mol. The molecule has 6 unspecified atom stereocenters. The monoisotopic (exact) mass is 785 g/mol. The first-order valence-corrected chi connectivity index (χ1v) is 23.3. The van der Waals surface area contributed by atoms with Crippen molar-refractivity contribution in [1.82, 2.24) is 0 Å². The third-order valence-corrected chi connectivity index (χ3v) is 10.9. The molecule has 0 amide bonds. The number of hydrogen-bond acceptors (Lipinski definition) is 9. The molecule has 4 N–H and O–H groups in total. The lowest BCUT2D eigenvalue weighted by molar-refractivity contribution is -0.305. The van der Waals surface area contributed by atoms with E-state index >= 15 is 0 Å². The standard InChI is InChI=1S/C46H88O9/c1-3-5-7-9-11-13-15-16-17-18-19-20-21-22-23-24-25-26-28-30-32-34-36-52-38-40(39-53-46-45(51)44(50)43(49)41(37-47)55-46)54-42(48)35-33-31-29-27-14-12-10-8-6-4-2/h18-19,40-41,43-47,49-51H,3-17,20-39H2,1-2H3/b19-18-. The summed E-state index contributed by atoms with van der Waals surface area (Å²) in [6.07, 6.45) is 35.4. The quantitative estimate of drug-likeness (QED) is 0.0272. The number of carbonyl (C=O) groups is 1. The van der Waals surface area contributed by atoms with E-state index in [-0.39, 0.29) is 19.2 Å². The van der Waals surface area contributed by atoms with Crippen LogP contribution in [0.15, 0.2) is 12.2 Å². The maximum Gasteiger partial charge on any atom is 0.306 e. The van der Waals surface area contributed by atoms with Gasteiger partial charge in [-0.3, -0.25) is 4.79 Å². The van der Waals surface area contributed by atoms with E-state index in [1.54, 1.807) is 0 Å². The van der Waals surface area contributed by atoms with E-state index in [2.05, 4.69) is 26.0 Å². The van der Waals surface area contributed by atoms with Gasteiger partial charge >= 0.3 is 5.97 Å². The predicted octanol–water partition coefficient (Wildman–Crippen LogP) is 10.4. The molecule has 0 aromatic heterocycles. The fraction of sp³-hybridized carbons (Fsp3) is 0.935. The zero-order valence-corrected chi connectivity index (χ0v) is 35.7. The van der Waals surface area contributed by atoms with E-state index in [0.29, 0.717) is 13.0 Å². The molecule has 0 saturated carbocycles. The Balaban J connectivity index is 2.17. The van der Waals surface area contributed by atoms with Crippen LogP contribution in [0.25, 0.3) is 0 Å². The number of aliphatic hydroxyl groups excluding tert-OH is 4. The van der Waals surface area contributed by atoms with Crippen molar-refractivity contribution >= 4 is 5.97 Å². The number of allylic oxidation sites excluding steroid dienone is 2. The van der Waals surface area contributed by atoms with Gasteiger partial charge in [0.15, 0.2) is 6.29 Å². The van der Waals surface area contributed by atoms with Gasteiger partial charge in [-0.25, -0.2) is 0 Å². The Morgan fingerprint density at radius 2 is 1.00 bits per heavy atom. The first kappa shape index (κ1) is 51.9. The second kappa shape index (κ2) is 38.4. The van der Waals surface area contributed by atoms with Gasteiger partial charge in [-0.2, -0.15) is 0 Å². The summed E-state index contributed by atoms with van der Waals surface area (Å²) in [5.74, 6) is -0.313. The molecule has 1 aliphatic heterocycles. The maximum atomic E-state index is 12.7. The summed E-state index contributed by atoms with van der Waals surface area (Å²) in [7, 11) is 0. The van der Waals surface area contributed by atoms with Gasteiger partial charge in [-0.05, 0) is 38.5 Å². The van der Waals surface area contributed by atoms with Gasteiger partial charge in [0.2, 0.25) is 0 Å². The van der Waals surface area contributed by atoms with Crippen LogP contribution in [0.3, 0.4) is 0 Å². The Labute approximate surface area is 337 Å². The lowest BCUT2D eigenvalue weighted by atomic mass is 9.99. The molecule has 326 valence electrons. The third-order valence-electron chi connectivity index (χ3n) is 10.9. The van der Waals surface area contributed by atoms with Crippen molar-refractivity contribution < 1.29 is 44.2 Å². The minimum atomic E-state index is -1.53. The van der Waals surface area contributed by atoms with Crippen LogP contribution < -0.4 is 0 Å². The van der Waals surface area contributed by atoms with E-state index in [1.165, 1.54) is 161 Å². The van der Waals surface area contributed by atoms with Crippen molar-refractivity contribution in [1.29, 1.82) is 0 Å². The Bertz CT molecular complexity index is 853. The van der Waals surface area contributed by atoms with Crippen molar-refractivity contribution in [3.8, 4) is 0 Å². The summed E-state index contributed by atoms with van der Waals surface area (Å²) in [4.78, 5) is 12.7. The molecule has 6 atom stereocenters. The Hall–Kier alpha value is -1.07. The molecule has 1 rings (SSSR count). The van der Waals surface area contributed by atoms with Gasteiger partial charge in [0.25, 0.3) is 0 Å². The average molecular weight is 785 g/mol. The highest BCUT2D eigenvalue weighted by Crippen LogP contribution is 2.23. The molecule has 9 nitrogen and oxygen atoms in total. The minimum Gasteiger partial charge on any atom is -0.457 e. The third kappa shape index (κ3) is 29.8. The highest BCUT2D eigenvalue weighted by Gasteiger charge is 2.44. The number of carbonyl (C=O) groups excluding carboxylic acids is 1. The minimum absolute atomic E-state index is 0.109. The molecular formula is C46H88O9. The van der Waals surface area contributed by atoms with Gasteiger partial charge in [0, 0.05) is 13.0 Å². The van der Waals surface area contributed by atoms with Crippen LogP contribution in [0.5, 0.6) is 0 Å². The maximum absolute atomic E-state index is 12.7. The molecule has 1 saturated heterocycles. The summed E-state index contributed by atoms with van der Waals surface area (Å²) in [6, 6.07) is 0. The molecule has 1 fully saturated rings. The van der Waals surface area contributed by atoms with Gasteiger partial charge in [0.05, 0.1) is 19.8 Å². The highest BCUT2D eigenvalue weighted by atomic mass is 16.7. The number of esters is 1. The van der Waals surface area contributed by atoms with Gasteiger partial charge in [-0.15, -0.1) is 0 Å². The summed E-state index contributed by atoms with van der Waals surface area (Å²) < 4.78 is 22.8. The predicted molar refractivity (Wildman–Crippen MR) is 224 cm³/mol. The lowest BCUT2D eigenvalue weighted by Gasteiger charge is -2.39. The van der Waals surface area contributed by atoms with Gasteiger partial charge in [0.1, 0.15) is 30.5 Å². The molecule has 0 aromatic rings. The topological polar surface area (TPSA) is 135 Å². The van der Waals surface area contributed by atoms with Gasteiger partial charge < -0.3 is 39.4 Å². The van der Waals surface area contributed by atoms with Crippen molar-refractivity contribution in [3.05, 3.63) is 12.2 Å². The zero-order chi connectivity index (χ0) is 40.0. The molecule has 55 heavy (non-hydrogen) atoms. The van der Waals surface area contributed by atoms with E-state index < -0.39 is 43.4 Å². The lowest BCUT2D eigenvalue weighted by Crippen LogP contribution is -2.59.